The van der Waals surface area contributed by atoms with Crippen molar-refractivity contribution in [1.29, 1.82) is 0 Å². The molecule has 4 nitrogen and oxygen atoms in total. The maximum absolute atomic E-state index is 12.7. The van der Waals surface area contributed by atoms with Crippen molar-refractivity contribution in [3.8, 4) is 10.4 Å². The third-order valence-corrected chi connectivity index (χ3v) is 5.38. The highest BCUT2D eigenvalue weighted by Crippen LogP contribution is 2.37. The number of anilines is 1. The largest absolute Gasteiger partial charge is 0.477 e. The minimum Gasteiger partial charge on any atom is -0.477 e. The van der Waals surface area contributed by atoms with Crippen molar-refractivity contribution in [2.75, 3.05) is 11.9 Å². The van der Waals surface area contributed by atoms with Gasteiger partial charge in [0.2, 0.25) is 0 Å². The van der Waals surface area contributed by atoms with Crippen LogP contribution in [0.1, 0.15) is 25.6 Å². The molecule has 0 atom stereocenters. The van der Waals surface area contributed by atoms with Crippen LogP contribution in [0.2, 0.25) is 5.02 Å². The second kappa shape index (κ2) is 7.32. The number of benzene rings is 2. The lowest BCUT2D eigenvalue weighted by Gasteiger charge is -2.17. The van der Waals surface area contributed by atoms with Gasteiger partial charge < -0.3 is 10.0 Å². The molecule has 0 aliphatic rings. The number of aryl methyl sites for hydroxylation is 1. The maximum Gasteiger partial charge on any atom is 0.348 e. The number of hydrogen-bond acceptors (Lipinski definition) is 3. The van der Waals surface area contributed by atoms with Crippen molar-refractivity contribution < 1.29 is 14.7 Å². The van der Waals surface area contributed by atoms with Crippen LogP contribution in [0.3, 0.4) is 0 Å². The maximum atomic E-state index is 12.7. The molecule has 2 aromatic carbocycles. The third kappa shape index (κ3) is 3.64. The first-order valence-corrected chi connectivity index (χ1v) is 9.04. The summed E-state index contributed by atoms with van der Waals surface area (Å²) in [5, 5.41) is 10.1. The van der Waals surface area contributed by atoms with E-state index in [-0.39, 0.29) is 10.8 Å². The van der Waals surface area contributed by atoms with Crippen LogP contribution in [0.4, 0.5) is 5.69 Å². The molecule has 132 valence electrons. The molecule has 1 amide bonds. The highest BCUT2D eigenvalue weighted by atomic mass is 35.5. The van der Waals surface area contributed by atoms with E-state index < -0.39 is 5.97 Å². The number of carbonyl (C=O) groups excluding carboxylic acids is 1. The van der Waals surface area contributed by atoms with Crippen molar-refractivity contribution >= 4 is 40.5 Å². The number of carbonyl (C=O) groups is 2. The molecule has 1 N–H and O–H groups in total. The van der Waals surface area contributed by atoms with Gasteiger partial charge in [-0.15, -0.1) is 11.3 Å². The van der Waals surface area contributed by atoms with Crippen LogP contribution < -0.4 is 4.90 Å². The van der Waals surface area contributed by atoms with E-state index in [0.717, 1.165) is 27.3 Å². The van der Waals surface area contributed by atoms with E-state index >= 15 is 0 Å². The van der Waals surface area contributed by atoms with Crippen molar-refractivity contribution in [3.63, 3.8) is 0 Å². The summed E-state index contributed by atoms with van der Waals surface area (Å²) in [6, 6.07) is 16.1. The molecule has 0 spiro atoms. The van der Waals surface area contributed by atoms with Crippen LogP contribution in [0, 0.1) is 6.92 Å². The number of carboxylic acid groups (broad SMARTS) is 1. The van der Waals surface area contributed by atoms with Gasteiger partial charge in [-0.2, -0.15) is 0 Å². The van der Waals surface area contributed by atoms with Crippen LogP contribution in [-0.4, -0.2) is 24.0 Å². The van der Waals surface area contributed by atoms with Crippen molar-refractivity contribution in [3.05, 3.63) is 75.6 Å². The Morgan fingerprint density at radius 1 is 1.08 bits per heavy atom. The topological polar surface area (TPSA) is 57.6 Å². The summed E-state index contributed by atoms with van der Waals surface area (Å²) in [7, 11) is 1.58. The number of amides is 1. The zero-order valence-electron chi connectivity index (χ0n) is 14.2. The molecule has 1 aromatic heterocycles. The third-order valence-electron chi connectivity index (χ3n) is 3.98. The van der Waals surface area contributed by atoms with Gasteiger partial charge in [0.25, 0.3) is 5.91 Å². The van der Waals surface area contributed by atoms with Crippen LogP contribution in [0.15, 0.2) is 54.6 Å². The van der Waals surface area contributed by atoms with Gasteiger partial charge in [-0.1, -0.05) is 41.4 Å². The van der Waals surface area contributed by atoms with Crippen LogP contribution in [0.25, 0.3) is 10.4 Å². The van der Waals surface area contributed by atoms with Gasteiger partial charge in [0.05, 0.1) is 5.69 Å². The lowest BCUT2D eigenvalue weighted by molar-refractivity contribution is 0.0703. The average Bonchev–Trinajstić information content (AvgIpc) is 3.07. The fraction of sp³-hybridized carbons (Fsp3) is 0.100. The van der Waals surface area contributed by atoms with Gasteiger partial charge in [0, 0.05) is 22.5 Å². The number of halogens is 1. The second-order valence-electron chi connectivity index (χ2n) is 5.87. The van der Waals surface area contributed by atoms with Crippen molar-refractivity contribution in [1.82, 2.24) is 0 Å². The molecule has 6 heteroatoms. The molecule has 0 unspecified atom stereocenters. The predicted molar refractivity (Wildman–Crippen MR) is 106 cm³/mol. The quantitative estimate of drug-likeness (QED) is 0.658. The highest BCUT2D eigenvalue weighted by Gasteiger charge is 2.23. The van der Waals surface area contributed by atoms with Gasteiger partial charge in [0.15, 0.2) is 0 Å². The van der Waals surface area contributed by atoms with E-state index in [1.807, 2.05) is 25.1 Å². The summed E-state index contributed by atoms with van der Waals surface area (Å²) in [4.78, 5) is 26.7. The highest BCUT2D eigenvalue weighted by molar-refractivity contribution is 7.18. The molecule has 1 heterocycles. The number of rotatable bonds is 4. The van der Waals surface area contributed by atoms with Crippen LogP contribution in [-0.2, 0) is 0 Å². The SMILES string of the molecule is Cc1ccc(C(=O)N(C)c2cc(-c3cccc(Cl)c3)sc2C(=O)O)cc1. The van der Waals surface area contributed by atoms with E-state index in [2.05, 4.69) is 0 Å². The van der Waals surface area contributed by atoms with E-state index in [4.69, 9.17) is 11.6 Å². The first kappa shape index (κ1) is 18.2. The summed E-state index contributed by atoms with van der Waals surface area (Å²) in [5.74, 6) is -1.33. The normalized spacial score (nSPS) is 10.6. The first-order chi connectivity index (χ1) is 12.4. The van der Waals surface area contributed by atoms with Crippen molar-refractivity contribution in [2.24, 2.45) is 0 Å². The molecule has 0 fully saturated rings. The summed E-state index contributed by atoms with van der Waals surface area (Å²) < 4.78 is 0. The Kier molecular flexibility index (Phi) is 5.11. The number of aromatic carboxylic acids is 1. The Morgan fingerprint density at radius 2 is 1.77 bits per heavy atom. The van der Waals surface area contributed by atoms with Crippen LogP contribution >= 0.6 is 22.9 Å². The van der Waals surface area contributed by atoms with Gasteiger partial charge in [-0.25, -0.2) is 4.79 Å². The first-order valence-electron chi connectivity index (χ1n) is 7.84. The summed E-state index contributed by atoms with van der Waals surface area (Å²) in [5.41, 5.74) is 2.73. The number of hydrogen-bond donors (Lipinski definition) is 1. The molecule has 0 bridgehead atoms. The summed E-state index contributed by atoms with van der Waals surface area (Å²) >= 11 is 7.15. The molecule has 0 saturated carbocycles. The number of thiophene rings is 1. The summed E-state index contributed by atoms with van der Waals surface area (Å²) in [6.45, 7) is 1.94. The molecule has 0 aliphatic heterocycles. The lowest BCUT2D eigenvalue weighted by atomic mass is 10.1. The fourth-order valence-electron chi connectivity index (χ4n) is 2.57. The number of nitrogens with zero attached hydrogens (tertiary/aromatic N) is 1. The smallest absolute Gasteiger partial charge is 0.348 e. The Bertz CT molecular complexity index is 979. The molecule has 3 rings (SSSR count). The zero-order chi connectivity index (χ0) is 18.8. The van der Waals surface area contributed by atoms with Gasteiger partial charge in [-0.05, 0) is 42.8 Å². The van der Waals surface area contributed by atoms with Crippen LogP contribution in [0.5, 0.6) is 0 Å². The Morgan fingerprint density at radius 3 is 2.38 bits per heavy atom. The minimum atomic E-state index is -1.07. The lowest BCUT2D eigenvalue weighted by Crippen LogP contribution is -2.27. The molecule has 3 aromatic rings. The molecule has 0 aliphatic carbocycles. The van der Waals surface area contributed by atoms with E-state index in [0.29, 0.717) is 16.3 Å². The molecule has 26 heavy (non-hydrogen) atoms. The van der Waals surface area contributed by atoms with Gasteiger partial charge in [0.1, 0.15) is 4.88 Å². The standard InChI is InChI=1S/C20H16ClNO3S/c1-12-6-8-13(9-7-12)19(23)22(2)16-11-17(26-18(16)20(24)25)14-4-3-5-15(21)10-14/h3-11H,1-2H3,(H,24,25). The molecular weight excluding hydrogens is 370 g/mol. The Hall–Kier alpha value is -2.63. The number of carboxylic acids is 1. The van der Waals surface area contributed by atoms with Gasteiger partial charge in [-0.3, -0.25) is 4.79 Å². The van der Waals surface area contributed by atoms with E-state index in [1.54, 1.807) is 43.4 Å². The predicted octanol–water partition coefficient (Wildman–Crippen LogP) is 5.35. The molecule has 0 radical (unpaired) electrons. The average molecular weight is 386 g/mol. The van der Waals surface area contributed by atoms with E-state index in [9.17, 15) is 14.7 Å². The minimum absolute atomic E-state index is 0.114. The monoisotopic (exact) mass is 385 g/mol. The van der Waals surface area contributed by atoms with Crippen molar-refractivity contribution in [2.45, 2.75) is 6.92 Å². The fourth-order valence-corrected chi connectivity index (χ4v) is 3.78. The molecule has 0 saturated heterocycles. The molecular formula is C20H16ClNO3S. The zero-order valence-corrected chi connectivity index (χ0v) is 15.8. The Labute approximate surface area is 160 Å². The summed E-state index contributed by atoms with van der Waals surface area (Å²) in [6.07, 6.45) is 0. The second-order valence-corrected chi connectivity index (χ2v) is 7.36. The van der Waals surface area contributed by atoms with E-state index in [1.165, 1.54) is 4.90 Å². The Balaban J connectivity index is 2.01. The van der Waals surface area contributed by atoms with Gasteiger partial charge >= 0.3 is 5.97 Å².